The average molecular weight is 313 g/mol. The summed E-state index contributed by atoms with van der Waals surface area (Å²) in [4.78, 5) is 0. The van der Waals surface area contributed by atoms with E-state index in [0.29, 0.717) is 11.6 Å². The van der Waals surface area contributed by atoms with Crippen LogP contribution in [0, 0.1) is 13.8 Å². The number of nitrogens with one attached hydrogen (secondary N) is 1. The number of hydrogen-bond acceptors (Lipinski definition) is 3. The molecule has 0 aliphatic heterocycles. The molecule has 1 aromatic carbocycles. The Morgan fingerprint density at radius 3 is 2.60 bits per heavy atom. The van der Waals surface area contributed by atoms with Crippen LogP contribution in [-0.2, 0) is 13.5 Å². The predicted molar refractivity (Wildman–Crippen MR) is 82.9 cm³/mol. The van der Waals surface area contributed by atoms with E-state index in [2.05, 4.69) is 10.5 Å². The molecule has 0 fully saturated rings. The monoisotopic (exact) mass is 312 g/mol. The smallest absolute Gasteiger partial charge is 0.130 e. The molecular formula is C14H18Cl2N4. The first kappa shape index (κ1) is 15.3. The summed E-state index contributed by atoms with van der Waals surface area (Å²) in [6, 6.07) is 5.75. The molecule has 0 spiro atoms. The summed E-state index contributed by atoms with van der Waals surface area (Å²) in [6.45, 7) is 3.93. The van der Waals surface area contributed by atoms with Gasteiger partial charge >= 0.3 is 0 Å². The van der Waals surface area contributed by atoms with Gasteiger partial charge in [-0.25, -0.2) is 0 Å². The van der Waals surface area contributed by atoms with Gasteiger partial charge in [-0.15, -0.1) is 0 Å². The zero-order chi connectivity index (χ0) is 14.9. The molecule has 0 radical (unpaired) electrons. The number of benzene rings is 1. The molecule has 0 amide bonds. The lowest BCUT2D eigenvalue weighted by Gasteiger charge is -2.19. The van der Waals surface area contributed by atoms with E-state index in [1.807, 2.05) is 39.1 Å². The molecule has 0 saturated carbocycles. The van der Waals surface area contributed by atoms with Gasteiger partial charge in [-0.3, -0.25) is 16.0 Å². The molecule has 1 aromatic heterocycles. The number of nitrogens with zero attached hydrogens (tertiary/aromatic N) is 2. The van der Waals surface area contributed by atoms with Gasteiger partial charge < -0.3 is 0 Å². The zero-order valence-electron chi connectivity index (χ0n) is 11.7. The number of aromatic nitrogens is 2. The van der Waals surface area contributed by atoms with Crippen molar-refractivity contribution in [3.8, 4) is 0 Å². The molecule has 2 rings (SSSR count). The maximum Gasteiger partial charge on any atom is 0.130 e. The molecule has 1 heterocycles. The fraction of sp³-hybridized carbons (Fsp3) is 0.357. The molecule has 20 heavy (non-hydrogen) atoms. The average Bonchev–Trinajstić information content (AvgIpc) is 2.65. The Hall–Kier alpha value is -1.07. The van der Waals surface area contributed by atoms with E-state index in [-0.39, 0.29) is 6.04 Å². The molecule has 1 atom stereocenters. The third kappa shape index (κ3) is 2.83. The van der Waals surface area contributed by atoms with E-state index in [1.54, 1.807) is 4.68 Å². The Kier molecular flexibility index (Phi) is 4.70. The van der Waals surface area contributed by atoms with Crippen molar-refractivity contribution in [1.82, 2.24) is 15.2 Å². The van der Waals surface area contributed by atoms with E-state index >= 15 is 0 Å². The number of aryl methyl sites for hydroxylation is 2. The van der Waals surface area contributed by atoms with Crippen LogP contribution in [0.3, 0.4) is 0 Å². The number of hydrogen-bond donors (Lipinski definition) is 2. The minimum absolute atomic E-state index is 0.0610. The molecule has 6 heteroatoms. The van der Waals surface area contributed by atoms with Gasteiger partial charge in [-0.1, -0.05) is 35.3 Å². The third-order valence-electron chi connectivity index (χ3n) is 3.56. The number of hydrazine groups is 1. The van der Waals surface area contributed by atoms with E-state index in [9.17, 15) is 0 Å². The van der Waals surface area contributed by atoms with Crippen LogP contribution < -0.4 is 11.3 Å². The van der Waals surface area contributed by atoms with Crippen molar-refractivity contribution in [3.63, 3.8) is 0 Å². The van der Waals surface area contributed by atoms with Gasteiger partial charge in [0.2, 0.25) is 0 Å². The summed E-state index contributed by atoms with van der Waals surface area (Å²) in [5, 5.41) is 5.70. The Morgan fingerprint density at radius 1 is 1.35 bits per heavy atom. The maximum absolute atomic E-state index is 6.28. The van der Waals surface area contributed by atoms with E-state index < -0.39 is 0 Å². The quantitative estimate of drug-likeness (QED) is 0.674. The molecule has 2 aromatic rings. The minimum atomic E-state index is -0.0610. The lowest BCUT2D eigenvalue weighted by molar-refractivity contribution is 0.548. The standard InChI is InChI=1S/C14H18Cl2N4/c1-8-10(5-4-6-12(8)15)13(18-17)7-11-9(2)19-20(3)14(11)16/h4-6,13,18H,7,17H2,1-3H3. The highest BCUT2D eigenvalue weighted by molar-refractivity contribution is 6.31. The lowest BCUT2D eigenvalue weighted by Crippen LogP contribution is -2.30. The molecule has 1 unspecified atom stereocenters. The van der Waals surface area contributed by atoms with Crippen molar-refractivity contribution in [3.05, 3.63) is 50.8 Å². The molecule has 4 nitrogen and oxygen atoms in total. The van der Waals surface area contributed by atoms with E-state index in [1.165, 1.54) is 0 Å². The molecule has 0 aliphatic carbocycles. The molecule has 3 N–H and O–H groups in total. The van der Waals surface area contributed by atoms with Gasteiger partial charge in [-0.2, -0.15) is 5.10 Å². The van der Waals surface area contributed by atoms with Crippen molar-refractivity contribution in [2.24, 2.45) is 12.9 Å². The highest BCUT2D eigenvalue weighted by atomic mass is 35.5. The predicted octanol–water partition coefficient (Wildman–Crippen LogP) is 3.09. The van der Waals surface area contributed by atoms with Crippen molar-refractivity contribution in [2.75, 3.05) is 0 Å². The number of nitrogens with two attached hydrogens (primary N) is 1. The summed E-state index contributed by atoms with van der Waals surface area (Å²) in [7, 11) is 1.83. The normalized spacial score (nSPS) is 12.7. The molecule has 0 aliphatic rings. The molecule has 108 valence electrons. The maximum atomic E-state index is 6.28. The second-order valence-corrected chi connectivity index (χ2v) is 5.62. The fourth-order valence-electron chi connectivity index (χ4n) is 2.37. The SMILES string of the molecule is Cc1nn(C)c(Cl)c1CC(NN)c1cccc(Cl)c1C. The molecule has 0 bridgehead atoms. The summed E-state index contributed by atoms with van der Waals surface area (Å²) in [5.74, 6) is 5.72. The third-order valence-corrected chi connectivity index (χ3v) is 4.45. The second kappa shape index (κ2) is 6.14. The largest absolute Gasteiger partial charge is 0.271 e. The van der Waals surface area contributed by atoms with Gasteiger partial charge in [-0.05, 0) is 37.5 Å². The summed E-state index contributed by atoms with van der Waals surface area (Å²) >= 11 is 12.5. The van der Waals surface area contributed by atoms with Crippen LogP contribution >= 0.6 is 23.2 Å². The first-order valence-corrected chi connectivity index (χ1v) is 7.10. The van der Waals surface area contributed by atoms with Gasteiger partial charge in [0.05, 0.1) is 11.7 Å². The zero-order valence-corrected chi connectivity index (χ0v) is 13.3. The first-order chi connectivity index (χ1) is 9.45. The van der Waals surface area contributed by atoms with Crippen molar-refractivity contribution in [2.45, 2.75) is 26.3 Å². The fourth-order valence-corrected chi connectivity index (χ4v) is 2.80. The molecular weight excluding hydrogens is 295 g/mol. The van der Waals surface area contributed by atoms with Crippen LogP contribution in [0.15, 0.2) is 18.2 Å². The van der Waals surface area contributed by atoms with Crippen LogP contribution in [-0.4, -0.2) is 9.78 Å². The van der Waals surface area contributed by atoms with Crippen molar-refractivity contribution >= 4 is 23.2 Å². The Balaban J connectivity index is 2.36. The molecule has 0 saturated heterocycles. The van der Waals surface area contributed by atoms with E-state index in [4.69, 9.17) is 29.0 Å². The van der Waals surface area contributed by atoms with Crippen LogP contribution in [0.1, 0.15) is 28.4 Å². The van der Waals surface area contributed by atoms with Gasteiger partial charge in [0, 0.05) is 17.6 Å². The number of halogens is 2. The number of rotatable bonds is 4. The van der Waals surface area contributed by atoms with Gasteiger partial charge in [0.1, 0.15) is 5.15 Å². The Bertz CT molecular complexity index is 622. The van der Waals surface area contributed by atoms with E-state index in [0.717, 1.165) is 27.4 Å². The van der Waals surface area contributed by atoms with Gasteiger partial charge in [0.25, 0.3) is 0 Å². The van der Waals surface area contributed by atoms with Crippen LogP contribution in [0.2, 0.25) is 10.2 Å². The summed E-state index contributed by atoms with van der Waals surface area (Å²) in [5.41, 5.74) is 6.85. The lowest BCUT2D eigenvalue weighted by atomic mass is 9.96. The van der Waals surface area contributed by atoms with Crippen LogP contribution in [0.5, 0.6) is 0 Å². The minimum Gasteiger partial charge on any atom is -0.271 e. The summed E-state index contributed by atoms with van der Waals surface area (Å²) in [6.07, 6.45) is 0.663. The second-order valence-electron chi connectivity index (χ2n) is 4.86. The van der Waals surface area contributed by atoms with Gasteiger partial charge in [0.15, 0.2) is 0 Å². The first-order valence-electron chi connectivity index (χ1n) is 6.34. The topological polar surface area (TPSA) is 55.9 Å². The van der Waals surface area contributed by atoms with Crippen LogP contribution in [0.25, 0.3) is 0 Å². The van der Waals surface area contributed by atoms with Crippen LogP contribution in [0.4, 0.5) is 0 Å². The highest BCUT2D eigenvalue weighted by Gasteiger charge is 2.19. The van der Waals surface area contributed by atoms with Crippen molar-refractivity contribution < 1.29 is 0 Å². The summed E-state index contributed by atoms with van der Waals surface area (Å²) < 4.78 is 1.67. The highest BCUT2D eigenvalue weighted by Crippen LogP contribution is 2.29. The Morgan fingerprint density at radius 2 is 2.05 bits per heavy atom. The van der Waals surface area contributed by atoms with Crippen molar-refractivity contribution in [1.29, 1.82) is 0 Å². The Labute approximate surface area is 128 Å².